The number of ether oxygens (including phenoxy) is 1. The minimum Gasteiger partial charge on any atom is -0.489 e. The molecule has 2 aliphatic heterocycles. The number of non-ortho nitro benzene ring substituents is 1. The van der Waals surface area contributed by atoms with E-state index in [4.69, 9.17) is 4.74 Å². The van der Waals surface area contributed by atoms with Crippen LogP contribution in [0.5, 0.6) is 5.75 Å². The number of nitrogens with one attached hydrogen (secondary N) is 1. The molecule has 1 N–H and O–H groups in total. The molecule has 11 heteroatoms. The summed E-state index contributed by atoms with van der Waals surface area (Å²) in [5.74, 6) is -1.67. The standard InChI is InChI=1S/C28H21N3O6S2/c1-15-6-8-16(9-7-15)14-37-20-5-3-2-4-19(20)21-22-24(38-25-23(21)39-28(34)29-25)27(33)30(26(22)32)17-10-12-18(13-11-17)31(35)36/h2-13,21-22,24H,14H2,1H3,(H,29,34). The minimum absolute atomic E-state index is 0.137. The number of hydrogen-bond donors (Lipinski definition) is 1. The second kappa shape index (κ2) is 9.83. The average molecular weight is 560 g/mol. The number of anilines is 1. The smallest absolute Gasteiger partial charge is 0.305 e. The van der Waals surface area contributed by atoms with Gasteiger partial charge in [-0.15, -0.1) is 0 Å². The zero-order chi connectivity index (χ0) is 27.3. The normalized spacial score (nSPS) is 20.0. The van der Waals surface area contributed by atoms with E-state index in [0.717, 1.165) is 27.4 Å². The Morgan fingerprint density at radius 3 is 2.41 bits per heavy atom. The number of rotatable bonds is 6. The number of thioether (sulfide) groups is 1. The van der Waals surface area contributed by atoms with Crippen molar-refractivity contribution >= 4 is 46.3 Å². The fourth-order valence-corrected chi connectivity index (χ4v) is 7.55. The predicted molar refractivity (Wildman–Crippen MR) is 147 cm³/mol. The molecule has 3 unspecified atom stereocenters. The van der Waals surface area contributed by atoms with Crippen molar-refractivity contribution in [1.82, 2.24) is 4.98 Å². The monoisotopic (exact) mass is 559 g/mol. The molecule has 3 aromatic carbocycles. The van der Waals surface area contributed by atoms with E-state index in [-0.39, 0.29) is 16.2 Å². The van der Waals surface area contributed by atoms with Crippen LogP contribution in [0, 0.1) is 23.0 Å². The molecule has 2 aliphatic rings. The van der Waals surface area contributed by atoms with Gasteiger partial charge in [0, 0.05) is 28.5 Å². The molecule has 3 heterocycles. The Kier molecular flexibility index (Phi) is 6.32. The zero-order valence-corrected chi connectivity index (χ0v) is 22.2. The van der Waals surface area contributed by atoms with Crippen molar-refractivity contribution < 1.29 is 19.2 Å². The van der Waals surface area contributed by atoms with Crippen LogP contribution in [-0.2, 0) is 16.2 Å². The van der Waals surface area contributed by atoms with Crippen molar-refractivity contribution in [2.24, 2.45) is 5.92 Å². The maximum atomic E-state index is 13.9. The average Bonchev–Trinajstić information content (AvgIpc) is 3.43. The van der Waals surface area contributed by atoms with Gasteiger partial charge in [0.25, 0.3) is 5.69 Å². The maximum Gasteiger partial charge on any atom is 0.305 e. The molecule has 39 heavy (non-hydrogen) atoms. The van der Waals surface area contributed by atoms with Gasteiger partial charge in [-0.1, -0.05) is 71.1 Å². The lowest BCUT2D eigenvalue weighted by atomic mass is 9.82. The van der Waals surface area contributed by atoms with Crippen molar-refractivity contribution in [2.45, 2.75) is 29.7 Å². The highest BCUT2D eigenvalue weighted by Crippen LogP contribution is 2.54. The lowest BCUT2D eigenvalue weighted by Crippen LogP contribution is -2.32. The zero-order valence-electron chi connectivity index (χ0n) is 20.5. The molecule has 0 bridgehead atoms. The van der Waals surface area contributed by atoms with Gasteiger partial charge in [0.05, 0.1) is 21.6 Å². The summed E-state index contributed by atoms with van der Waals surface area (Å²) < 4.78 is 6.23. The van der Waals surface area contributed by atoms with Crippen LogP contribution in [0.25, 0.3) is 0 Å². The number of nitrogens with zero attached hydrogens (tertiary/aromatic N) is 2. The number of aromatic amines is 1. The van der Waals surface area contributed by atoms with E-state index in [1.807, 2.05) is 55.5 Å². The number of thiazole rings is 1. The highest BCUT2D eigenvalue weighted by Gasteiger charge is 2.56. The number of amides is 2. The number of carbonyl (C=O) groups is 2. The number of hydrogen-bond acceptors (Lipinski definition) is 8. The van der Waals surface area contributed by atoms with Crippen LogP contribution in [0.15, 0.2) is 82.6 Å². The van der Waals surface area contributed by atoms with Crippen LogP contribution in [0.4, 0.5) is 11.4 Å². The van der Waals surface area contributed by atoms with Gasteiger partial charge in [-0.25, -0.2) is 4.90 Å². The maximum absolute atomic E-state index is 13.9. The van der Waals surface area contributed by atoms with Crippen molar-refractivity contribution in [3.05, 3.63) is 114 Å². The molecule has 1 fully saturated rings. The number of carbonyl (C=O) groups excluding carboxylic acids is 2. The van der Waals surface area contributed by atoms with Crippen LogP contribution in [0.2, 0.25) is 0 Å². The highest BCUT2D eigenvalue weighted by atomic mass is 32.2. The predicted octanol–water partition coefficient (Wildman–Crippen LogP) is 5.03. The largest absolute Gasteiger partial charge is 0.489 e. The Morgan fingerprint density at radius 1 is 0.974 bits per heavy atom. The molecule has 0 radical (unpaired) electrons. The van der Waals surface area contributed by atoms with Gasteiger partial charge >= 0.3 is 4.87 Å². The van der Waals surface area contributed by atoms with E-state index in [0.29, 0.717) is 27.8 Å². The van der Waals surface area contributed by atoms with Crippen molar-refractivity contribution in [3.63, 3.8) is 0 Å². The number of H-pyrrole nitrogens is 1. The fraction of sp³-hybridized carbons (Fsp3) is 0.179. The molecule has 4 aromatic rings. The molecule has 196 valence electrons. The number of nitro groups is 1. The Morgan fingerprint density at radius 2 is 1.69 bits per heavy atom. The van der Waals surface area contributed by atoms with Gasteiger partial charge in [-0.2, -0.15) is 0 Å². The van der Waals surface area contributed by atoms with Crippen LogP contribution >= 0.6 is 23.1 Å². The molecule has 0 saturated carbocycles. The third kappa shape index (κ3) is 4.43. The van der Waals surface area contributed by atoms with Gasteiger partial charge in [0.1, 0.15) is 17.6 Å². The summed E-state index contributed by atoms with van der Waals surface area (Å²) in [6, 6.07) is 20.7. The first-order valence-corrected chi connectivity index (χ1v) is 13.8. The summed E-state index contributed by atoms with van der Waals surface area (Å²) in [6.07, 6.45) is 0. The first kappa shape index (κ1) is 25.1. The van der Waals surface area contributed by atoms with E-state index in [9.17, 15) is 24.5 Å². The molecule has 3 atom stereocenters. The number of para-hydroxylation sites is 1. The molecule has 6 rings (SSSR count). The van der Waals surface area contributed by atoms with Gasteiger partial charge in [0.15, 0.2) is 0 Å². The molecular weight excluding hydrogens is 538 g/mol. The Hall–Kier alpha value is -4.22. The van der Waals surface area contributed by atoms with Crippen LogP contribution < -0.4 is 14.5 Å². The summed E-state index contributed by atoms with van der Waals surface area (Å²) in [5.41, 5.74) is 2.97. The Balaban J connectivity index is 1.40. The third-order valence-corrected chi connectivity index (χ3v) is 9.31. The molecule has 1 aromatic heterocycles. The molecule has 0 spiro atoms. The van der Waals surface area contributed by atoms with E-state index < -0.39 is 33.8 Å². The molecule has 9 nitrogen and oxygen atoms in total. The molecule has 1 saturated heterocycles. The fourth-order valence-electron chi connectivity index (χ4n) is 5.04. The van der Waals surface area contributed by atoms with Crippen LogP contribution in [0.3, 0.4) is 0 Å². The van der Waals surface area contributed by atoms with E-state index >= 15 is 0 Å². The quantitative estimate of drug-likeness (QED) is 0.200. The van der Waals surface area contributed by atoms with Crippen molar-refractivity contribution in [2.75, 3.05) is 4.90 Å². The number of benzene rings is 3. The highest BCUT2D eigenvalue weighted by molar-refractivity contribution is 8.00. The van der Waals surface area contributed by atoms with Gasteiger partial charge in [-0.3, -0.25) is 24.5 Å². The summed E-state index contributed by atoms with van der Waals surface area (Å²) in [5, 5.41) is 10.9. The summed E-state index contributed by atoms with van der Waals surface area (Å²) >= 11 is 2.20. The Bertz CT molecular complexity index is 1660. The molecular formula is C28H21N3O6S2. The lowest BCUT2D eigenvalue weighted by Gasteiger charge is -2.30. The first-order chi connectivity index (χ1) is 18.8. The second-order valence-corrected chi connectivity index (χ2v) is 11.5. The molecule has 0 aliphatic carbocycles. The van der Waals surface area contributed by atoms with Gasteiger partial charge in [-0.05, 0) is 30.7 Å². The first-order valence-electron chi connectivity index (χ1n) is 12.1. The van der Waals surface area contributed by atoms with Crippen LogP contribution in [0.1, 0.15) is 27.5 Å². The number of aryl methyl sites for hydroxylation is 1. The topological polar surface area (TPSA) is 123 Å². The van der Waals surface area contributed by atoms with Crippen molar-refractivity contribution in [1.29, 1.82) is 0 Å². The van der Waals surface area contributed by atoms with Gasteiger partial charge < -0.3 is 9.72 Å². The van der Waals surface area contributed by atoms with Crippen LogP contribution in [-0.4, -0.2) is 27.0 Å². The number of imide groups is 1. The summed E-state index contributed by atoms with van der Waals surface area (Å²) in [6.45, 7) is 2.32. The third-order valence-electron chi connectivity index (χ3n) is 6.91. The van der Waals surface area contributed by atoms with E-state index in [2.05, 4.69) is 4.98 Å². The summed E-state index contributed by atoms with van der Waals surface area (Å²) in [4.78, 5) is 54.9. The number of fused-ring (bicyclic) bond motifs is 2. The minimum atomic E-state index is -0.791. The molecule has 2 amide bonds. The lowest BCUT2D eigenvalue weighted by molar-refractivity contribution is -0.384. The van der Waals surface area contributed by atoms with Crippen molar-refractivity contribution in [3.8, 4) is 5.75 Å². The SMILES string of the molecule is Cc1ccc(COc2ccccc2C2c3sc(=O)[nH]c3SC3C(=O)N(c4ccc([N+](=O)[O-])cc4)C(=O)C32)cc1. The second-order valence-electron chi connectivity index (χ2n) is 9.35. The van der Waals surface area contributed by atoms with Gasteiger partial charge in [0.2, 0.25) is 11.8 Å². The van der Waals surface area contributed by atoms with E-state index in [1.165, 1.54) is 36.0 Å². The Labute approximate surface area is 230 Å². The number of aromatic nitrogens is 1. The van der Waals surface area contributed by atoms with E-state index in [1.54, 1.807) is 0 Å². The number of nitro benzene ring substituents is 1. The summed E-state index contributed by atoms with van der Waals surface area (Å²) in [7, 11) is 0.